The molecule has 150 valence electrons. The second-order valence-electron chi connectivity index (χ2n) is 7.49. The van der Waals surface area contributed by atoms with Gasteiger partial charge in [0.15, 0.2) is 0 Å². The lowest BCUT2D eigenvalue weighted by molar-refractivity contribution is -0.121. The predicted molar refractivity (Wildman–Crippen MR) is 107 cm³/mol. The number of carbonyl (C=O) groups excluding carboxylic acids is 1. The minimum absolute atomic E-state index is 0.0359. The Labute approximate surface area is 162 Å². The molecule has 1 aromatic carbocycles. The third-order valence-electron chi connectivity index (χ3n) is 5.64. The highest BCUT2D eigenvalue weighted by Crippen LogP contribution is 2.25. The molecule has 1 unspecified atom stereocenters. The minimum atomic E-state index is -0.135. The van der Waals surface area contributed by atoms with Gasteiger partial charge >= 0.3 is 0 Å². The normalized spacial score (nSPS) is 21.0. The van der Waals surface area contributed by atoms with Gasteiger partial charge in [-0.05, 0) is 57.8 Å². The summed E-state index contributed by atoms with van der Waals surface area (Å²) in [5.41, 5.74) is 0.749. The highest BCUT2D eigenvalue weighted by molar-refractivity contribution is 5.95. The summed E-state index contributed by atoms with van der Waals surface area (Å²) >= 11 is 0. The molecule has 1 atom stereocenters. The first-order valence-corrected chi connectivity index (χ1v) is 10.2. The molecule has 0 aliphatic carbocycles. The molecule has 0 bridgehead atoms. The van der Waals surface area contributed by atoms with Gasteiger partial charge in [-0.25, -0.2) is 0 Å². The Bertz CT molecular complexity index is 596. The Balaban J connectivity index is 1.47. The minimum Gasteiger partial charge on any atom is -0.492 e. The maximum Gasteiger partial charge on any atom is 0.241 e. The number of amides is 1. The van der Waals surface area contributed by atoms with E-state index in [2.05, 4.69) is 15.1 Å². The van der Waals surface area contributed by atoms with Gasteiger partial charge < -0.3 is 14.8 Å². The van der Waals surface area contributed by atoms with Crippen molar-refractivity contribution in [3.05, 3.63) is 24.3 Å². The molecule has 1 amide bonds. The van der Waals surface area contributed by atoms with Crippen LogP contribution in [0.4, 0.5) is 5.69 Å². The molecule has 1 N–H and O–H groups in total. The molecule has 2 saturated heterocycles. The van der Waals surface area contributed by atoms with Crippen LogP contribution < -0.4 is 10.1 Å². The van der Waals surface area contributed by atoms with Crippen LogP contribution in [-0.2, 0) is 9.53 Å². The smallest absolute Gasteiger partial charge is 0.241 e. The van der Waals surface area contributed by atoms with Gasteiger partial charge in [0.25, 0.3) is 0 Å². The number of nitrogens with one attached hydrogen (secondary N) is 1. The number of morpholine rings is 1. The molecule has 3 rings (SSSR count). The summed E-state index contributed by atoms with van der Waals surface area (Å²) < 4.78 is 11.0. The van der Waals surface area contributed by atoms with Crippen molar-refractivity contribution in [3.63, 3.8) is 0 Å². The lowest BCUT2D eigenvalue weighted by Crippen LogP contribution is -2.48. The molecule has 2 aliphatic rings. The monoisotopic (exact) mass is 375 g/mol. The topological polar surface area (TPSA) is 54.0 Å². The summed E-state index contributed by atoms with van der Waals surface area (Å²) in [5.74, 6) is 1.49. The van der Waals surface area contributed by atoms with Gasteiger partial charge in [0, 0.05) is 19.6 Å². The molecule has 6 nitrogen and oxygen atoms in total. The second-order valence-corrected chi connectivity index (χ2v) is 7.49. The molecular weight excluding hydrogens is 342 g/mol. The van der Waals surface area contributed by atoms with Crippen molar-refractivity contribution in [1.29, 1.82) is 0 Å². The summed E-state index contributed by atoms with van der Waals surface area (Å²) in [4.78, 5) is 17.6. The third-order valence-corrected chi connectivity index (χ3v) is 5.64. The van der Waals surface area contributed by atoms with Gasteiger partial charge in [-0.2, -0.15) is 0 Å². The zero-order valence-corrected chi connectivity index (χ0v) is 16.7. The summed E-state index contributed by atoms with van der Waals surface area (Å²) in [5, 5.41) is 3.04. The van der Waals surface area contributed by atoms with E-state index in [1.54, 1.807) is 0 Å². The average Bonchev–Trinajstić information content (AvgIpc) is 2.70. The van der Waals surface area contributed by atoms with Crippen LogP contribution in [-0.4, -0.2) is 74.3 Å². The lowest BCUT2D eigenvalue weighted by atomic mass is 9.95. The van der Waals surface area contributed by atoms with Gasteiger partial charge in [0.2, 0.25) is 5.91 Å². The molecule has 27 heavy (non-hydrogen) atoms. The first-order valence-electron chi connectivity index (χ1n) is 10.2. The van der Waals surface area contributed by atoms with Crippen LogP contribution in [0.5, 0.6) is 5.75 Å². The van der Waals surface area contributed by atoms with Crippen molar-refractivity contribution < 1.29 is 14.3 Å². The molecule has 0 radical (unpaired) electrons. The molecule has 2 fully saturated rings. The molecule has 2 aliphatic heterocycles. The zero-order chi connectivity index (χ0) is 19.1. The third kappa shape index (κ3) is 5.67. The number of para-hydroxylation sites is 2. The fourth-order valence-electron chi connectivity index (χ4n) is 3.93. The summed E-state index contributed by atoms with van der Waals surface area (Å²) in [6.07, 6.45) is 2.31. The Morgan fingerprint density at radius 1 is 1.22 bits per heavy atom. The van der Waals surface area contributed by atoms with E-state index in [9.17, 15) is 4.79 Å². The van der Waals surface area contributed by atoms with Crippen LogP contribution in [0, 0.1) is 5.92 Å². The number of hydrogen-bond donors (Lipinski definition) is 1. The Morgan fingerprint density at radius 3 is 2.63 bits per heavy atom. The summed E-state index contributed by atoms with van der Waals surface area (Å²) in [7, 11) is 0. The molecule has 6 heteroatoms. The predicted octanol–water partition coefficient (Wildman–Crippen LogP) is 2.46. The SMILES string of the molecule is CCOc1ccccc1NC(=O)C(C)N1CCC(CN2CCOCC2)CC1. The number of benzene rings is 1. The number of anilines is 1. The second kappa shape index (κ2) is 10.1. The Hall–Kier alpha value is -1.63. The van der Waals surface area contributed by atoms with Crippen LogP contribution >= 0.6 is 0 Å². The maximum absolute atomic E-state index is 12.7. The number of ether oxygens (including phenoxy) is 2. The van der Waals surface area contributed by atoms with Gasteiger partial charge in [-0.3, -0.25) is 14.6 Å². The van der Waals surface area contributed by atoms with Gasteiger partial charge in [-0.1, -0.05) is 12.1 Å². The highest BCUT2D eigenvalue weighted by atomic mass is 16.5. The van der Waals surface area contributed by atoms with E-state index in [1.807, 2.05) is 38.1 Å². The number of piperidine rings is 1. The molecule has 1 aromatic rings. The molecule has 0 aromatic heterocycles. The first-order chi connectivity index (χ1) is 13.2. The van der Waals surface area contributed by atoms with Crippen molar-refractivity contribution >= 4 is 11.6 Å². The molecule has 0 saturated carbocycles. The van der Waals surface area contributed by atoms with Crippen molar-refractivity contribution in [3.8, 4) is 5.75 Å². The molecular formula is C21H33N3O3. The number of nitrogens with zero attached hydrogens (tertiary/aromatic N) is 2. The zero-order valence-electron chi connectivity index (χ0n) is 16.7. The standard InChI is InChI=1S/C21H33N3O3/c1-3-27-20-7-5-4-6-19(20)22-21(25)17(2)24-10-8-18(9-11-24)16-23-12-14-26-15-13-23/h4-7,17-18H,3,8-16H2,1-2H3,(H,22,25). The van der Waals surface area contributed by atoms with Crippen LogP contribution in [0.25, 0.3) is 0 Å². The van der Waals surface area contributed by atoms with Crippen LogP contribution in [0.3, 0.4) is 0 Å². The van der Waals surface area contributed by atoms with E-state index < -0.39 is 0 Å². The lowest BCUT2D eigenvalue weighted by Gasteiger charge is -2.38. The highest BCUT2D eigenvalue weighted by Gasteiger charge is 2.28. The summed E-state index contributed by atoms with van der Waals surface area (Å²) in [6.45, 7) is 11.5. The van der Waals surface area contributed by atoms with Crippen molar-refractivity contribution in [2.45, 2.75) is 32.7 Å². The summed E-state index contributed by atoms with van der Waals surface area (Å²) in [6, 6.07) is 7.48. The van der Waals surface area contributed by atoms with E-state index in [1.165, 1.54) is 6.54 Å². The quantitative estimate of drug-likeness (QED) is 0.793. The Kier molecular flexibility index (Phi) is 7.50. The van der Waals surface area contributed by atoms with E-state index in [0.29, 0.717) is 6.61 Å². The van der Waals surface area contributed by atoms with E-state index in [0.717, 1.165) is 69.6 Å². The van der Waals surface area contributed by atoms with Crippen LogP contribution in [0.15, 0.2) is 24.3 Å². The van der Waals surface area contributed by atoms with Crippen molar-refractivity contribution in [2.75, 3.05) is 57.9 Å². The van der Waals surface area contributed by atoms with Crippen molar-refractivity contribution in [2.24, 2.45) is 5.92 Å². The van der Waals surface area contributed by atoms with E-state index in [-0.39, 0.29) is 11.9 Å². The van der Waals surface area contributed by atoms with Gasteiger partial charge in [-0.15, -0.1) is 0 Å². The molecule has 0 spiro atoms. The number of hydrogen-bond acceptors (Lipinski definition) is 5. The van der Waals surface area contributed by atoms with E-state index >= 15 is 0 Å². The fraction of sp³-hybridized carbons (Fsp3) is 0.667. The number of rotatable bonds is 7. The average molecular weight is 376 g/mol. The maximum atomic E-state index is 12.7. The molecule has 2 heterocycles. The van der Waals surface area contributed by atoms with Gasteiger partial charge in [0.1, 0.15) is 5.75 Å². The fourth-order valence-corrected chi connectivity index (χ4v) is 3.93. The number of likely N-dealkylation sites (tertiary alicyclic amines) is 1. The van der Waals surface area contributed by atoms with Crippen LogP contribution in [0.1, 0.15) is 26.7 Å². The van der Waals surface area contributed by atoms with Crippen molar-refractivity contribution in [1.82, 2.24) is 9.80 Å². The van der Waals surface area contributed by atoms with E-state index in [4.69, 9.17) is 9.47 Å². The number of carbonyl (C=O) groups is 1. The van der Waals surface area contributed by atoms with Gasteiger partial charge in [0.05, 0.1) is 31.5 Å². The Morgan fingerprint density at radius 2 is 1.93 bits per heavy atom. The first kappa shape index (κ1) is 20.1. The largest absolute Gasteiger partial charge is 0.492 e. The van der Waals surface area contributed by atoms with Crippen LogP contribution in [0.2, 0.25) is 0 Å².